The standard InChI is InChI=1S/C15H25NO/c1-12-9-10-17-15(12)11-16-13(2)14-7-5-3-4-6-8-14/h9-10,13-14,16H,3-8,11H2,1-2H3/t13-/m1/s1. The first kappa shape index (κ1) is 12.7. The summed E-state index contributed by atoms with van der Waals surface area (Å²) >= 11 is 0. The Kier molecular flexibility index (Phi) is 4.66. The molecule has 1 aromatic heterocycles. The first-order chi connectivity index (χ1) is 8.27. The Balaban J connectivity index is 1.80. The van der Waals surface area contributed by atoms with Crippen molar-refractivity contribution in [2.45, 2.75) is 65.0 Å². The Morgan fingerprint density at radius 3 is 2.59 bits per heavy atom. The van der Waals surface area contributed by atoms with Gasteiger partial charge in [0, 0.05) is 6.04 Å². The van der Waals surface area contributed by atoms with Gasteiger partial charge in [0.25, 0.3) is 0 Å². The smallest absolute Gasteiger partial charge is 0.120 e. The van der Waals surface area contributed by atoms with Crippen LogP contribution in [0, 0.1) is 12.8 Å². The van der Waals surface area contributed by atoms with Gasteiger partial charge in [-0.05, 0) is 44.2 Å². The van der Waals surface area contributed by atoms with Crippen molar-refractivity contribution < 1.29 is 4.42 Å². The van der Waals surface area contributed by atoms with E-state index in [2.05, 4.69) is 19.2 Å². The topological polar surface area (TPSA) is 25.2 Å². The van der Waals surface area contributed by atoms with E-state index in [1.54, 1.807) is 6.26 Å². The zero-order valence-corrected chi connectivity index (χ0v) is 11.2. The lowest BCUT2D eigenvalue weighted by molar-refractivity contribution is 0.326. The van der Waals surface area contributed by atoms with Crippen LogP contribution >= 0.6 is 0 Å². The lowest BCUT2D eigenvalue weighted by Crippen LogP contribution is -2.33. The van der Waals surface area contributed by atoms with Crippen LogP contribution in [0.1, 0.15) is 56.8 Å². The van der Waals surface area contributed by atoms with E-state index in [4.69, 9.17) is 4.42 Å². The Bertz CT molecular complexity index is 323. The predicted octanol–water partition coefficient (Wildman–Crippen LogP) is 4.04. The number of aryl methyl sites for hydroxylation is 1. The average molecular weight is 235 g/mol. The highest BCUT2D eigenvalue weighted by Crippen LogP contribution is 2.25. The molecule has 0 aromatic carbocycles. The fourth-order valence-corrected chi connectivity index (χ4v) is 2.82. The first-order valence-electron chi connectivity index (χ1n) is 7.03. The zero-order chi connectivity index (χ0) is 12.1. The van der Waals surface area contributed by atoms with Gasteiger partial charge >= 0.3 is 0 Å². The van der Waals surface area contributed by atoms with Crippen LogP contribution in [0.25, 0.3) is 0 Å². The average Bonchev–Trinajstić information content (AvgIpc) is 2.58. The third-order valence-electron chi connectivity index (χ3n) is 4.16. The molecule has 0 amide bonds. The van der Waals surface area contributed by atoms with Crippen LogP contribution in [0.4, 0.5) is 0 Å². The highest BCUT2D eigenvalue weighted by molar-refractivity contribution is 5.14. The molecule has 0 unspecified atom stereocenters. The van der Waals surface area contributed by atoms with Crippen LogP contribution in [0.5, 0.6) is 0 Å². The first-order valence-corrected chi connectivity index (χ1v) is 7.03. The lowest BCUT2D eigenvalue weighted by atomic mass is 9.93. The molecule has 0 radical (unpaired) electrons. The van der Waals surface area contributed by atoms with Gasteiger partial charge in [0.05, 0.1) is 12.8 Å². The zero-order valence-electron chi connectivity index (χ0n) is 11.2. The molecule has 1 heterocycles. The van der Waals surface area contributed by atoms with E-state index in [-0.39, 0.29) is 0 Å². The van der Waals surface area contributed by atoms with Crippen LogP contribution in [0.3, 0.4) is 0 Å². The van der Waals surface area contributed by atoms with Crippen LogP contribution in [-0.4, -0.2) is 6.04 Å². The molecule has 1 fully saturated rings. The summed E-state index contributed by atoms with van der Waals surface area (Å²) in [7, 11) is 0. The van der Waals surface area contributed by atoms with Crippen LogP contribution in [0.15, 0.2) is 16.7 Å². The molecular formula is C15H25NO. The second-order valence-corrected chi connectivity index (χ2v) is 5.45. The second-order valence-electron chi connectivity index (χ2n) is 5.45. The van der Waals surface area contributed by atoms with Gasteiger partial charge in [0.15, 0.2) is 0 Å². The monoisotopic (exact) mass is 235 g/mol. The van der Waals surface area contributed by atoms with E-state index in [1.165, 1.54) is 44.1 Å². The minimum absolute atomic E-state index is 0.609. The molecule has 96 valence electrons. The summed E-state index contributed by atoms with van der Waals surface area (Å²) in [4.78, 5) is 0. The molecule has 2 heteroatoms. The fraction of sp³-hybridized carbons (Fsp3) is 0.733. The van der Waals surface area contributed by atoms with Crippen molar-refractivity contribution in [1.82, 2.24) is 5.32 Å². The van der Waals surface area contributed by atoms with Gasteiger partial charge in [-0.2, -0.15) is 0 Å². The molecule has 1 N–H and O–H groups in total. The van der Waals surface area contributed by atoms with E-state index in [1.807, 2.05) is 6.07 Å². The summed E-state index contributed by atoms with van der Waals surface area (Å²) in [5.74, 6) is 1.94. The third-order valence-corrected chi connectivity index (χ3v) is 4.16. The lowest BCUT2D eigenvalue weighted by Gasteiger charge is -2.23. The molecule has 0 bridgehead atoms. The molecule has 17 heavy (non-hydrogen) atoms. The summed E-state index contributed by atoms with van der Waals surface area (Å²) in [6.45, 7) is 5.31. The van der Waals surface area contributed by atoms with Crippen molar-refractivity contribution in [1.29, 1.82) is 0 Å². The molecule has 1 aromatic rings. The molecule has 0 saturated heterocycles. The van der Waals surface area contributed by atoms with Crippen molar-refractivity contribution in [3.05, 3.63) is 23.7 Å². The highest BCUT2D eigenvalue weighted by Gasteiger charge is 2.18. The van der Waals surface area contributed by atoms with Gasteiger partial charge in [0.1, 0.15) is 5.76 Å². The van der Waals surface area contributed by atoms with Gasteiger partial charge < -0.3 is 9.73 Å². The van der Waals surface area contributed by atoms with Gasteiger partial charge in [-0.3, -0.25) is 0 Å². The number of rotatable bonds is 4. The summed E-state index contributed by atoms with van der Waals surface area (Å²) in [6.07, 6.45) is 10.3. The quantitative estimate of drug-likeness (QED) is 0.797. The maximum atomic E-state index is 5.46. The van der Waals surface area contributed by atoms with E-state index >= 15 is 0 Å². The van der Waals surface area contributed by atoms with Crippen LogP contribution in [-0.2, 0) is 6.54 Å². The predicted molar refractivity (Wildman–Crippen MR) is 70.9 cm³/mol. The molecule has 1 aliphatic rings. The van der Waals surface area contributed by atoms with Gasteiger partial charge in [-0.15, -0.1) is 0 Å². The summed E-state index contributed by atoms with van der Waals surface area (Å²) in [5.41, 5.74) is 1.26. The molecule has 0 aliphatic heterocycles. The summed E-state index contributed by atoms with van der Waals surface area (Å²) < 4.78 is 5.46. The number of nitrogens with one attached hydrogen (secondary N) is 1. The Labute approximate surface area is 105 Å². The molecule has 2 nitrogen and oxygen atoms in total. The Morgan fingerprint density at radius 2 is 2.00 bits per heavy atom. The van der Waals surface area contributed by atoms with Gasteiger partial charge in [0.2, 0.25) is 0 Å². The van der Waals surface area contributed by atoms with Crippen molar-refractivity contribution in [3.8, 4) is 0 Å². The van der Waals surface area contributed by atoms with Crippen molar-refractivity contribution in [2.75, 3.05) is 0 Å². The van der Waals surface area contributed by atoms with E-state index < -0.39 is 0 Å². The SMILES string of the molecule is Cc1ccoc1CN[C@H](C)C1CCCCCC1. The number of hydrogen-bond acceptors (Lipinski definition) is 2. The molecule has 1 atom stereocenters. The van der Waals surface area contributed by atoms with E-state index in [0.29, 0.717) is 6.04 Å². The third kappa shape index (κ3) is 3.60. The minimum Gasteiger partial charge on any atom is -0.468 e. The van der Waals surface area contributed by atoms with Crippen molar-refractivity contribution in [3.63, 3.8) is 0 Å². The summed E-state index contributed by atoms with van der Waals surface area (Å²) in [6, 6.07) is 2.64. The van der Waals surface area contributed by atoms with Gasteiger partial charge in [-0.25, -0.2) is 0 Å². The molecule has 2 rings (SSSR count). The Hall–Kier alpha value is -0.760. The van der Waals surface area contributed by atoms with Crippen LogP contribution < -0.4 is 5.32 Å². The van der Waals surface area contributed by atoms with Crippen LogP contribution in [0.2, 0.25) is 0 Å². The molecule has 1 aliphatic carbocycles. The van der Waals surface area contributed by atoms with Crippen molar-refractivity contribution in [2.24, 2.45) is 5.92 Å². The molecule has 0 spiro atoms. The summed E-state index contributed by atoms with van der Waals surface area (Å²) in [5, 5.41) is 3.63. The van der Waals surface area contributed by atoms with Crippen molar-refractivity contribution >= 4 is 0 Å². The highest BCUT2D eigenvalue weighted by atomic mass is 16.3. The maximum Gasteiger partial charge on any atom is 0.120 e. The molecular weight excluding hydrogens is 210 g/mol. The molecule has 1 saturated carbocycles. The minimum atomic E-state index is 0.609. The maximum absolute atomic E-state index is 5.46. The Morgan fingerprint density at radius 1 is 1.29 bits per heavy atom. The second kappa shape index (κ2) is 6.25. The van der Waals surface area contributed by atoms with E-state index in [9.17, 15) is 0 Å². The van der Waals surface area contributed by atoms with E-state index in [0.717, 1.165) is 18.2 Å². The normalized spacial score (nSPS) is 20.1. The largest absolute Gasteiger partial charge is 0.468 e. The number of furan rings is 1. The fourth-order valence-electron chi connectivity index (χ4n) is 2.82. The van der Waals surface area contributed by atoms with Gasteiger partial charge in [-0.1, -0.05) is 25.7 Å². The number of hydrogen-bond donors (Lipinski definition) is 1.